The Bertz CT molecular complexity index is 644. The van der Waals surface area contributed by atoms with E-state index >= 15 is 0 Å². The molecule has 3 rings (SSSR count). The molecule has 0 unspecified atom stereocenters. The monoisotopic (exact) mass is 310 g/mol. The lowest BCUT2D eigenvalue weighted by molar-refractivity contribution is 0.221. The number of urea groups is 1. The second-order valence-electron chi connectivity index (χ2n) is 5.45. The fourth-order valence-corrected chi connectivity index (χ4v) is 4.46. The first-order valence-corrected chi connectivity index (χ1v) is 8.85. The van der Waals surface area contributed by atoms with Crippen molar-refractivity contribution in [3.8, 4) is 5.75 Å². The minimum absolute atomic E-state index is 0.0325. The molecule has 0 spiro atoms. The summed E-state index contributed by atoms with van der Waals surface area (Å²) in [6, 6.07) is 6.90. The van der Waals surface area contributed by atoms with Gasteiger partial charge in [-0.3, -0.25) is 0 Å². The van der Waals surface area contributed by atoms with Crippen LogP contribution in [0, 0.1) is 0 Å². The highest BCUT2D eigenvalue weighted by Gasteiger charge is 2.30. The summed E-state index contributed by atoms with van der Waals surface area (Å²) < 4.78 is 28.3. The van der Waals surface area contributed by atoms with Crippen LogP contribution in [0.5, 0.6) is 5.75 Å². The van der Waals surface area contributed by atoms with E-state index in [9.17, 15) is 13.2 Å². The molecule has 1 fully saturated rings. The van der Waals surface area contributed by atoms with Crippen molar-refractivity contribution in [1.29, 1.82) is 0 Å². The first-order chi connectivity index (χ1) is 10.0. The third-order valence-corrected chi connectivity index (χ3v) is 5.60. The fraction of sp³-hybridized carbons (Fsp3) is 0.500. The van der Waals surface area contributed by atoms with Crippen LogP contribution in [-0.4, -0.2) is 38.6 Å². The summed E-state index contributed by atoms with van der Waals surface area (Å²) in [6.45, 7) is 0.555. The first-order valence-electron chi connectivity index (χ1n) is 7.03. The maximum Gasteiger partial charge on any atom is 0.315 e. The molecule has 7 heteroatoms. The Hall–Kier alpha value is -1.76. The van der Waals surface area contributed by atoms with E-state index < -0.39 is 9.84 Å². The topological polar surface area (TPSA) is 84.5 Å². The second-order valence-corrected chi connectivity index (χ2v) is 7.67. The van der Waals surface area contributed by atoms with E-state index in [0.29, 0.717) is 19.4 Å². The van der Waals surface area contributed by atoms with E-state index in [-0.39, 0.29) is 29.6 Å². The van der Waals surface area contributed by atoms with Crippen molar-refractivity contribution in [2.75, 3.05) is 18.1 Å². The Morgan fingerprint density at radius 1 is 1.19 bits per heavy atom. The van der Waals surface area contributed by atoms with Crippen LogP contribution in [0.15, 0.2) is 24.3 Å². The summed E-state index contributed by atoms with van der Waals surface area (Å²) >= 11 is 0. The van der Waals surface area contributed by atoms with Gasteiger partial charge < -0.3 is 15.4 Å². The van der Waals surface area contributed by atoms with E-state index in [2.05, 4.69) is 10.6 Å². The molecule has 114 valence electrons. The van der Waals surface area contributed by atoms with Gasteiger partial charge in [0.2, 0.25) is 0 Å². The molecule has 0 radical (unpaired) electrons. The lowest BCUT2D eigenvalue weighted by Gasteiger charge is -2.27. The Labute approximate surface area is 123 Å². The van der Waals surface area contributed by atoms with E-state index in [4.69, 9.17) is 4.74 Å². The first kappa shape index (κ1) is 14.2. The number of hydrogen-bond donors (Lipinski definition) is 2. The number of carbonyl (C=O) groups excluding carboxylic acids is 1. The van der Waals surface area contributed by atoms with E-state index in [1.165, 1.54) is 0 Å². The van der Waals surface area contributed by atoms with Gasteiger partial charge in [-0.1, -0.05) is 18.2 Å². The molecule has 6 nitrogen and oxygen atoms in total. The van der Waals surface area contributed by atoms with E-state index in [1.807, 2.05) is 24.3 Å². The van der Waals surface area contributed by atoms with Gasteiger partial charge in [0.05, 0.1) is 24.2 Å². The molecule has 1 saturated heterocycles. The number of ether oxygens (including phenoxy) is 1. The predicted octanol–water partition coefficient (Wildman–Crippen LogP) is 0.996. The van der Waals surface area contributed by atoms with Crippen LogP contribution in [0.25, 0.3) is 0 Å². The van der Waals surface area contributed by atoms with Crippen molar-refractivity contribution < 1.29 is 17.9 Å². The number of hydrogen-bond acceptors (Lipinski definition) is 4. The smallest absolute Gasteiger partial charge is 0.315 e. The van der Waals surface area contributed by atoms with Crippen molar-refractivity contribution in [2.45, 2.75) is 24.9 Å². The van der Waals surface area contributed by atoms with Gasteiger partial charge >= 0.3 is 6.03 Å². The van der Waals surface area contributed by atoms with E-state index in [1.54, 1.807) is 0 Å². The average molecular weight is 310 g/mol. The van der Waals surface area contributed by atoms with Gasteiger partial charge in [0.1, 0.15) is 5.75 Å². The number of benzene rings is 1. The zero-order valence-corrected chi connectivity index (χ0v) is 12.4. The summed E-state index contributed by atoms with van der Waals surface area (Å²) in [4.78, 5) is 12.0. The SMILES string of the molecule is O=C(N[C@H]1CCS(=O)(=O)C1)N[C@H]1CCOc2ccccc21. The molecular formula is C14H18N2O4S. The lowest BCUT2D eigenvalue weighted by atomic mass is 10.0. The van der Waals surface area contributed by atoms with Crippen LogP contribution in [0.1, 0.15) is 24.4 Å². The Kier molecular flexibility index (Phi) is 3.75. The van der Waals surface area contributed by atoms with Gasteiger partial charge in [0.25, 0.3) is 0 Å². The van der Waals surface area contributed by atoms with Gasteiger partial charge in [-0.25, -0.2) is 13.2 Å². The second kappa shape index (κ2) is 5.55. The highest BCUT2D eigenvalue weighted by Crippen LogP contribution is 2.31. The van der Waals surface area contributed by atoms with Crippen molar-refractivity contribution in [2.24, 2.45) is 0 Å². The molecule has 0 aromatic heterocycles. The number of para-hydroxylation sites is 1. The molecule has 2 heterocycles. The highest BCUT2D eigenvalue weighted by atomic mass is 32.2. The average Bonchev–Trinajstić information content (AvgIpc) is 2.78. The number of amides is 2. The third kappa shape index (κ3) is 3.29. The van der Waals surface area contributed by atoms with Crippen LogP contribution in [0.4, 0.5) is 4.79 Å². The number of nitrogens with one attached hydrogen (secondary N) is 2. The molecule has 2 atom stereocenters. The molecule has 1 aromatic rings. The number of fused-ring (bicyclic) bond motifs is 1. The molecule has 2 N–H and O–H groups in total. The number of sulfone groups is 1. The van der Waals surface area contributed by atoms with Gasteiger partial charge in [-0.15, -0.1) is 0 Å². The molecule has 2 aliphatic heterocycles. The molecular weight excluding hydrogens is 292 g/mol. The van der Waals surface area contributed by atoms with Crippen LogP contribution in [-0.2, 0) is 9.84 Å². The Morgan fingerprint density at radius 3 is 2.76 bits per heavy atom. The Morgan fingerprint density at radius 2 is 2.00 bits per heavy atom. The van der Waals surface area contributed by atoms with Gasteiger partial charge in [0.15, 0.2) is 9.84 Å². The van der Waals surface area contributed by atoms with Gasteiger partial charge in [-0.05, 0) is 12.5 Å². The quantitative estimate of drug-likeness (QED) is 0.853. The molecule has 21 heavy (non-hydrogen) atoms. The van der Waals surface area contributed by atoms with Crippen molar-refractivity contribution in [3.05, 3.63) is 29.8 Å². The standard InChI is InChI=1S/C14H18N2O4S/c17-14(15-10-6-8-21(18,19)9-10)16-12-5-7-20-13-4-2-1-3-11(12)13/h1-4,10,12H,5-9H2,(H2,15,16,17)/t10-,12-/m0/s1. The fourth-order valence-electron chi connectivity index (χ4n) is 2.79. The normalized spacial score (nSPS) is 26.5. The Balaban J connectivity index is 1.61. The van der Waals surface area contributed by atoms with Gasteiger partial charge in [0, 0.05) is 18.0 Å². The summed E-state index contributed by atoms with van der Waals surface area (Å²) in [5.74, 6) is 0.973. The van der Waals surface area contributed by atoms with Crippen molar-refractivity contribution in [3.63, 3.8) is 0 Å². The number of rotatable bonds is 2. The minimum atomic E-state index is -2.99. The van der Waals surface area contributed by atoms with Crippen LogP contribution in [0.3, 0.4) is 0 Å². The van der Waals surface area contributed by atoms with Crippen LogP contribution in [0.2, 0.25) is 0 Å². The molecule has 2 aliphatic rings. The largest absolute Gasteiger partial charge is 0.493 e. The zero-order valence-electron chi connectivity index (χ0n) is 11.5. The van der Waals surface area contributed by atoms with Crippen LogP contribution < -0.4 is 15.4 Å². The molecule has 0 bridgehead atoms. The maximum absolute atomic E-state index is 12.0. The summed E-state index contributed by atoms with van der Waals surface area (Å²) in [5.41, 5.74) is 0.956. The maximum atomic E-state index is 12.0. The summed E-state index contributed by atoms with van der Waals surface area (Å²) in [6.07, 6.45) is 1.19. The summed E-state index contributed by atoms with van der Waals surface area (Å²) in [5, 5.41) is 5.65. The lowest BCUT2D eigenvalue weighted by Crippen LogP contribution is -2.44. The third-order valence-electron chi connectivity index (χ3n) is 3.83. The van der Waals surface area contributed by atoms with Crippen molar-refractivity contribution >= 4 is 15.9 Å². The number of carbonyl (C=O) groups is 1. The van der Waals surface area contributed by atoms with Crippen LogP contribution >= 0.6 is 0 Å². The molecule has 1 aromatic carbocycles. The molecule has 2 amide bonds. The zero-order chi connectivity index (χ0) is 14.9. The predicted molar refractivity (Wildman–Crippen MR) is 78.0 cm³/mol. The highest BCUT2D eigenvalue weighted by molar-refractivity contribution is 7.91. The van der Waals surface area contributed by atoms with Crippen molar-refractivity contribution in [1.82, 2.24) is 10.6 Å². The van der Waals surface area contributed by atoms with E-state index in [0.717, 1.165) is 11.3 Å². The molecule has 0 aliphatic carbocycles. The summed E-state index contributed by atoms with van der Waals surface area (Å²) in [7, 11) is -2.99. The minimum Gasteiger partial charge on any atom is -0.493 e. The van der Waals surface area contributed by atoms with Gasteiger partial charge in [-0.2, -0.15) is 0 Å². The molecule has 0 saturated carbocycles.